The molecule has 1 heterocycles. The molecule has 4 nitrogen and oxygen atoms in total. The zero-order valence-corrected chi connectivity index (χ0v) is 13.3. The molecule has 0 amide bonds. The first kappa shape index (κ1) is 15.1. The van der Waals surface area contributed by atoms with E-state index in [2.05, 4.69) is 23.2 Å². The molecule has 0 spiro atoms. The van der Waals surface area contributed by atoms with Crippen molar-refractivity contribution in [3.63, 3.8) is 0 Å². The molecule has 1 N–H and O–H groups in total. The molecule has 0 aliphatic heterocycles. The molecule has 3 aromatic carbocycles. The minimum Gasteiger partial charge on any atom is -0.482 e. The molecule has 25 heavy (non-hydrogen) atoms. The number of carboxylic acid groups (broad SMARTS) is 1. The summed E-state index contributed by atoms with van der Waals surface area (Å²) in [5.74, 6) is -0.433. The number of aromatic nitrogens is 1. The van der Waals surface area contributed by atoms with E-state index in [1.165, 1.54) is 0 Å². The number of hydrogen-bond donors (Lipinski definition) is 1. The predicted molar refractivity (Wildman–Crippen MR) is 97.8 cm³/mol. The third kappa shape index (κ3) is 3.02. The first-order valence-corrected chi connectivity index (χ1v) is 7.93. The molecule has 0 aliphatic rings. The maximum Gasteiger partial charge on any atom is 0.341 e. The summed E-state index contributed by atoms with van der Waals surface area (Å²) in [6.07, 6.45) is 1.82. The highest BCUT2D eigenvalue weighted by molar-refractivity contribution is 5.97. The van der Waals surface area contributed by atoms with Crippen LogP contribution in [0.2, 0.25) is 0 Å². The normalized spacial score (nSPS) is 10.9. The Bertz CT molecular complexity index is 1080. The first-order chi connectivity index (χ1) is 12.2. The molecule has 0 saturated carbocycles. The van der Waals surface area contributed by atoms with Gasteiger partial charge in [0.2, 0.25) is 0 Å². The van der Waals surface area contributed by atoms with Gasteiger partial charge >= 0.3 is 5.97 Å². The van der Waals surface area contributed by atoms with E-state index in [1.54, 1.807) is 6.07 Å². The van der Waals surface area contributed by atoms with Crippen molar-refractivity contribution in [2.75, 3.05) is 6.61 Å². The lowest BCUT2D eigenvalue weighted by atomic mass is 9.98. The van der Waals surface area contributed by atoms with Crippen LogP contribution in [0, 0.1) is 0 Å². The van der Waals surface area contributed by atoms with E-state index >= 15 is 0 Å². The second-order valence-electron chi connectivity index (χ2n) is 5.78. The van der Waals surface area contributed by atoms with Crippen molar-refractivity contribution in [1.82, 2.24) is 4.98 Å². The predicted octanol–water partition coefficient (Wildman–Crippen LogP) is 4.52. The Morgan fingerprint density at radius 3 is 2.64 bits per heavy atom. The van der Waals surface area contributed by atoms with Gasteiger partial charge in [-0.3, -0.25) is 4.98 Å². The molecule has 0 unspecified atom stereocenters. The molecular weight excluding hydrogens is 314 g/mol. The van der Waals surface area contributed by atoms with Gasteiger partial charge in [-0.1, -0.05) is 36.4 Å². The number of nitrogens with zero attached hydrogens (tertiary/aromatic N) is 1. The van der Waals surface area contributed by atoms with Crippen LogP contribution in [0.5, 0.6) is 5.75 Å². The highest BCUT2D eigenvalue weighted by Gasteiger charge is 2.06. The van der Waals surface area contributed by atoms with Crippen molar-refractivity contribution in [3.05, 3.63) is 72.9 Å². The number of pyridine rings is 1. The molecule has 0 saturated heterocycles. The maximum atomic E-state index is 10.6. The van der Waals surface area contributed by atoms with Gasteiger partial charge in [0.25, 0.3) is 0 Å². The molecule has 4 aromatic rings. The van der Waals surface area contributed by atoms with Crippen molar-refractivity contribution in [2.45, 2.75) is 0 Å². The minimum atomic E-state index is -0.986. The van der Waals surface area contributed by atoms with Gasteiger partial charge in [0, 0.05) is 11.6 Å². The van der Waals surface area contributed by atoms with Crippen molar-refractivity contribution in [2.24, 2.45) is 0 Å². The van der Waals surface area contributed by atoms with Crippen LogP contribution in [-0.2, 0) is 4.79 Å². The van der Waals surface area contributed by atoms with Gasteiger partial charge in [-0.05, 0) is 52.2 Å². The number of carbonyl (C=O) groups is 1. The quantitative estimate of drug-likeness (QED) is 0.598. The van der Waals surface area contributed by atoms with E-state index in [1.807, 2.05) is 48.7 Å². The van der Waals surface area contributed by atoms with Crippen LogP contribution in [-0.4, -0.2) is 22.7 Å². The first-order valence-electron chi connectivity index (χ1n) is 7.93. The van der Waals surface area contributed by atoms with Crippen LogP contribution in [0.15, 0.2) is 72.9 Å². The highest BCUT2D eigenvalue weighted by atomic mass is 16.5. The molecule has 1 aromatic heterocycles. The summed E-state index contributed by atoms with van der Waals surface area (Å²) in [6, 6.07) is 21.9. The number of fused-ring (bicyclic) bond motifs is 2. The highest BCUT2D eigenvalue weighted by Crippen LogP contribution is 2.31. The number of aliphatic carboxylic acids is 1. The lowest BCUT2D eigenvalue weighted by Crippen LogP contribution is -2.09. The van der Waals surface area contributed by atoms with Gasteiger partial charge < -0.3 is 9.84 Å². The van der Waals surface area contributed by atoms with Crippen molar-refractivity contribution in [1.29, 1.82) is 0 Å². The zero-order chi connectivity index (χ0) is 17.2. The molecule has 0 bridgehead atoms. The number of hydrogen-bond acceptors (Lipinski definition) is 3. The Morgan fingerprint density at radius 2 is 1.76 bits per heavy atom. The number of ether oxygens (including phenoxy) is 1. The van der Waals surface area contributed by atoms with Gasteiger partial charge in [-0.25, -0.2) is 4.79 Å². The Balaban J connectivity index is 1.76. The topological polar surface area (TPSA) is 59.4 Å². The zero-order valence-electron chi connectivity index (χ0n) is 13.3. The summed E-state index contributed by atoms with van der Waals surface area (Å²) in [6.45, 7) is -0.341. The Kier molecular flexibility index (Phi) is 3.78. The average molecular weight is 329 g/mol. The number of rotatable bonds is 4. The third-order valence-corrected chi connectivity index (χ3v) is 4.13. The molecular formula is C21H15NO3. The van der Waals surface area contributed by atoms with Crippen LogP contribution in [0.3, 0.4) is 0 Å². The molecule has 0 aliphatic carbocycles. The smallest absolute Gasteiger partial charge is 0.341 e. The van der Waals surface area contributed by atoms with Crippen LogP contribution < -0.4 is 4.74 Å². The molecule has 0 radical (unpaired) electrons. The summed E-state index contributed by atoms with van der Waals surface area (Å²) in [5.41, 5.74) is 3.22. The molecule has 4 rings (SSSR count). The molecule has 4 heteroatoms. The third-order valence-electron chi connectivity index (χ3n) is 4.13. The van der Waals surface area contributed by atoms with E-state index < -0.39 is 5.97 Å². The number of benzene rings is 3. The van der Waals surface area contributed by atoms with Gasteiger partial charge in [-0.2, -0.15) is 0 Å². The fourth-order valence-electron chi connectivity index (χ4n) is 2.97. The van der Waals surface area contributed by atoms with E-state index in [9.17, 15) is 4.79 Å². The van der Waals surface area contributed by atoms with E-state index in [-0.39, 0.29) is 6.61 Å². The monoisotopic (exact) mass is 329 g/mol. The summed E-state index contributed by atoms with van der Waals surface area (Å²) >= 11 is 0. The van der Waals surface area contributed by atoms with Crippen LogP contribution in [0.25, 0.3) is 32.8 Å². The fourth-order valence-corrected chi connectivity index (χ4v) is 2.97. The van der Waals surface area contributed by atoms with Crippen LogP contribution >= 0.6 is 0 Å². The Hall–Kier alpha value is -3.40. The van der Waals surface area contributed by atoms with Gasteiger partial charge in [0.15, 0.2) is 6.61 Å². The molecule has 0 fully saturated rings. The van der Waals surface area contributed by atoms with E-state index in [0.717, 1.165) is 32.8 Å². The number of carboxylic acids is 1. The SMILES string of the molecule is O=C(O)COc1ccc2cc(-c3ccnc4ccccc34)ccc2c1. The Morgan fingerprint density at radius 1 is 0.960 bits per heavy atom. The summed E-state index contributed by atoms with van der Waals surface area (Å²) in [5, 5.41) is 11.9. The summed E-state index contributed by atoms with van der Waals surface area (Å²) < 4.78 is 5.24. The van der Waals surface area contributed by atoms with Gasteiger partial charge in [-0.15, -0.1) is 0 Å². The van der Waals surface area contributed by atoms with E-state index in [0.29, 0.717) is 5.75 Å². The van der Waals surface area contributed by atoms with Gasteiger partial charge in [0.1, 0.15) is 5.75 Å². The van der Waals surface area contributed by atoms with Crippen LogP contribution in [0.4, 0.5) is 0 Å². The van der Waals surface area contributed by atoms with Crippen LogP contribution in [0.1, 0.15) is 0 Å². The summed E-state index contributed by atoms with van der Waals surface area (Å²) in [4.78, 5) is 15.0. The lowest BCUT2D eigenvalue weighted by molar-refractivity contribution is -0.139. The number of para-hydroxylation sites is 1. The standard InChI is InChI=1S/C21H15NO3/c23-21(24)13-25-17-8-7-14-11-16(6-5-15(14)12-17)18-9-10-22-20-4-2-1-3-19(18)20/h1-12H,13H2,(H,23,24). The largest absolute Gasteiger partial charge is 0.482 e. The Labute approximate surface area is 144 Å². The average Bonchev–Trinajstić information content (AvgIpc) is 2.65. The van der Waals surface area contributed by atoms with Gasteiger partial charge in [0.05, 0.1) is 5.52 Å². The second-order valence-corrected chi connectivity index (χ2v) is 5.78. The van der Waals surface area contributed by atoms with E-state index in [4.69, 9.17) is 9.84 Å². The second kappa shape index (κ2) is 6.24. The maximum absolute atomic E-state index is 10.6. The molecule has 0 atom stereocenters. The molecule has 122 valence electrons. The van der Waals surface area contributed by atoms with Crippen molar-refractivity contribution in [3.8, 4) is 16.9 Å². The lowest BCUT2D eigenvalue weighted by Gasteiger charge is -2.09. The summed E-state index contributed by atoms with van der Waals surface area (Å²) in [7, 11) is 0. The van der Waals surface area contributed by atoms with Crippen molar-refractivity contribution >= 4 is 27.6 Å². The van der Waals surface area contributed by atoms with Crippen molar-refractivity contribution < 1.29 is 14.6 Å². The fraction of sp³-hybridized carbons (Fsp3) is 0.0476. The minimum absolute atomic E-state index is 0.341.